The summed E-state index contributed by atoms with van der Waals surface area (Å²) >= 11 is 0. The molecule has 7 nitrogen and oxygen atoms in total. The van der Waals surface area contributed by atoms with Crippen LogP contribution in [0.4, 0.5) is 4.79 Å². The molecule has 1 rings (SSSR count). The van der Waals surface area contributed by atoms with Crippen LogP contribution in [-0.2, 0) is 11.3 Å². The zero-order valence-electron chi connectivity index (χ0n) is 12.4. The second-order valence-corrected chi connectivity index (χ2v) is 5.05. The van der Waals surface area contributed by atoms with Gasteiger partial charge in [0.15, 0.2) is 0 Å². The molecule has 0 bridgehead atoms. The Bertz CT molecular complexity index is 491. The first-order valence-corrected chi connectivity index (χ1v) is 6.68. The lowest BCUT2D eigenvalue weighted by atomic mass is 10.0. The van der Waals surface area contributed by atoms with E-state index in [1.807, 2.05) is 13.8 Å². The SMILES string of the molecule is COc1cc(CNC(=O)N[C@H](CC(C)C)C(=O)O)ccn1. The van der Waals surface area contributed by atoms with Crippen LogP contribution in [0, 0.1) is 5.92 Å². The van der Waals surface area contributed by atoms with E-state index in [9.17, 15) is 9.59 Å². The van der Waals surface area contributed by atoms with Crippen LogP contribution in [-0.4, -0.2) is 35.2 Å². The molecule has 2 amide bonds. The lowest BCUT2D eigenvalue weighted by Gasteiger charge is -2.17. The molecule has 0 fully saturated rings. The summed E-state index contributed by atoms with van der Waals surface area (Å²) in [6, 6.07) is 2.03. The molecule has 7 heteroatoms. The highest BCUT2D eigenvalue weighted by Gasteiger charge is 2.20. The minimum atomic E-state index is -1.04. The molecule has 3 N–H and O–H groups in total. The Morgan fingerprint density at radius 1 is 1.43 bits per heavy atom. The minimum absolute atomic E-state index is 0.177. The van der Waals surface area contributed by atoms with E-state index in [4.69, 9.17) is 9.84 Å². The summed E-state index contributed by atoms with van der Waals surface area (Å²) in [5.41, 5.74) is 0.813. The van der Waals surface area contributed by atoms with Gasteiger partial charge in [-0.2, -0.15) is 0 Å². The van der Waals surface area contributed by atoms with Gasteiger partial charge in [0.25, 0.3) is 0 Å². The number of aliphatic carboxylic acids is 1. The van der Waals surface area contributed by atoms with E-state index in [0.29, 0.717) is 12.3 Å². The van der Waals surface area contributed by atoms with Crippen molar-refractivity contribution in [2.24, 2.45) is 5.92 Å². The van der Waals surface area contributed by atoms with Gasteiger partial charge in [0.2, 0.25) is 5.88 Å². The van der Waals surface area contributed by atoms with E-state index in [1.54, 1.807) is 18.3 Å². The Hall–Kier alpha value is -2.31. The first-order chi connectivity index (χ1) is 9.92. The maximum Gasteiger partial charge on any atom is 0.326 e. The lowest BCUT2D eigenvalue weighted by Crippen LogP contribution is -2.46. The van der Waals surface area contributed by atoms with Gasteiger partial charge in [0, 0.05) is 18.8 Å². The number of carboxylic acids is 1. The van der Waals surface area contributed by atoms with Gasteiger partial charge in [-0.1, -0.05) is 13.8 Å². The molecule has 0 aromatic carbocycles. The molecule has 1 aromatic rings. The number of nitrogens with zero attached hydrogens (tertiary/aromatic N) is 1. The number of amides is 2. The quantitative estimate of drug-likeness (QED) is 0.705. The summed E-state index contributed by atoms with van der Waals surface area (Å²) in [7, 11) is 1.51. The molecule has 1 atom stereocenters. The minimum Gasteiger partial charge on any atom is -0.481 e. The molecule has 1 aromatic heterocycles. The molecule has 0 radical (unpaired) electrons. The number of nitrogens with one attached hydrogen (secondary N) is 2. The van der Waals surface area contributed by atoms with E-state index in [-0.39, 0.29) is 12.5 Å². The third-order valence-electron chi connectivity index (χ3n) is 2.77. The van der Waals surface area contributed by atoms with Crippen LogP contribution < -0.4 is 15.4 Å². The van der Waals surface area contributed by atoms with E-state index >= 15 is 0 Å². The Kier molecular flexibility index (Phi) is 6.45. The number of methoxy groups -OCH3 is 1. The summed E-state index contributed by atoms with van der Waals surface area (Å²) in [5.74, 6) is -0.404. The van der Waals surface area contributed by atoms with Crippen molar-refractivity contribution in [3.05, 3.63) is 23.9 Å². The number of carbonyl (C=O) groups excluding carboxylic acids is 1. The highest BCUT2D eigenvalue weighted by Crippen LogP contribution is 2.08. The van der Waals surface area contributed by atoms with Gasteiger partial charge in [0.05, 0.1) is 7.11 Å². The molecule has 0 saturated carbocycles. The van der Waals surface area contributed by atoms with E-state index in [1.165, 1.54) is 7.11 Å². The summed E-state index contributed by atoms with van der Waals surface area (Å²) in [4.78, 5) is 26.8. The van der Waals surface area contributed by atoms with E-state index in [0.717, 1.165) is 5.56 Å². The normalized spacial score (nSPS) is 11.8. The van der Waals surface area contributed by atoms with Crippen LogP contribution in [0.3, 0.4) is 0 Å². The standard InChI is InChI=1S/C14H21N3O4/c1-9(2)6-11(13(18)19)17-14(20)16-8-10-4-5-15-12(7-10)21-3/h4-5,7,9,11H,6,8H2,1-3H3,(H,18,19)(H2,16,17,20)/t11-/m1/s1. The van der Waals surface area contributed by atoms with Gasteiger partial charge in [-0.15, -0.1) is 0 Å². The van der Waals surface area contributed by atoms with Gasteiger partial charge in [0.1, 0.15) is 6.04 Å². The maximum absolute atomic E-state index is 11.7. The molecule has 21 heavy (non-hydrogen) atoms. The Balaban J connectivity index is 2.50. The summed E-state index contributed by atoms with van der Waals surface area (Å²) in [6.07, 6.45) is 1.96. The van der Waals surface area contributed by atoms with Crippen molar-refractivity contribution >= 4 is 12.0 Å². The van der Waals surface area contributed by atoms with E-state index < -0.39 is 18.0 Å². The van der Waals surface area contributed by atoms with E-state index in [2.05, 4.69) is 15.6 Å². The Morgan fingerprint density at radius 2 is 2.14 bits per heavy atom. The molecule has 0 spiro atoms. The topological polar surface area (TPSA) is 101 Å². The molecule has 0 saturated heterocycles. The fourth-order valence-electron chi connectivity index (χ4n) is 1.76. The van der Waals surface area contributed by atoms with Crippen LogP contribution in [0.1, 0.15) is 25.8 Å². The Morgan fingerprint density at radius 3 is 2.71 bits per heavy atom. The number of urea groups is 1. The zero-order valence-corrected chi connectivity index (χ0v) is 12.4. The number of ether oxygens (including phenoxy) is 1. The highest BCUT2D eigenvalue weighted by atomic mass is 16.5. The zero-order chi connectivity index (χ0) is 15.8. The fourth-order valence-corrected chi connectivity index (χ4v) is 1.76. The van der Waals surface area contributed by atoms with Crippen molar-refractivity contribution in [3.8, 4) is 5.88 Å². The van der Waals surface area contributed by atoms with Gasteiger partial charge < -0.3 is 20.5 Å². The summed E-state index contributed by atoms with van der Waals surface area (Å²) in [5, 5.41) is 14.1. The van der Waals surface area contributed by atoms with Gasteiger partial charge in [-0.05, 0) is 24.0 Å². The number of carboxylic acid groups (broad SMARTS) is 1. The molecule has 116 valence electrons. The first-order valence-electron chi connectivity index (χ1n) is 6.68. The fraction of sp³-hybridized carbons (Fsp3) is 0.500. The van der Waals surface area contributed by atoms with Crippen molar-refractivity contribution in [2.45, 2.75) is 32.9 Å². The van der Waals surface area contributed by atoms with Crippen molar-refractivity contribution in [1.29, 1.82) is 0 Å². The predicted molar refractivity (Wildman–Crippen MR) is 77.0 cm³/mol. The molecular weight excluding hydrogens is 274 g/mol. The summed E-state index contributed by atoms with van der Waals surface area (Å²) < 4.78 is 4.98. The van der Waals surface area contributed by atoms with Crippen molar-refractivity contribution in [1.82, 2.24) is 15.6 Å². The second-order valence-electron chi connectivity index (χ2n) is 5.05. The lowest BCUT2D eigenvalue weighted by molar-refractivity contribution is -0.139. The van der Waals surface area contributed by atoms with Crippen LogP contribution in [0.5, 0.6) is 5.88 Å². The van der Waals surface area contributed by atoms with Gasteiger partial charge in [-0.3, -0.25) is 0 Å². The smallest absolute Gasteiger partial charge is 0.326 e. The second kappa shape index (κ2) is 8.08. The van der Waals surface area contributed by atoms with Crippen LogP contribution in [0.15, 0.2) is 18.3 Å². The predicted octanol–water partition coefficient (Wildman–Crippen LogP) is 1.39. The third-order valence-corrected chi connectivity index (χ3v) is 2.77. The number of hydrogen-bond acceptors (Lipinski definition) is 4. The number of pyridine rings is 1. The highest BCUT2D eigenvalue weighted by molar-refractivity contribution is 5.82. The largest absolute Gasteiger partial charge is 0.481 e. The average molecular weight is 295 g/mol. The number of rotatable bonds is 7. The molecule has 0 unspecified atom stereocenters. The Labute approximate surface area is 123 Å². The van der Waals surface area contributed by atoms with Crippen molar-refractivity contribution in [2.75, 3.05) is 7.11 Å². The monoisotopic (exact) mass is 295 g/mol. The first kappa shape index (κ1) is 16.7. The van der Waals surface area contributed by atoms with Gasteiger partial charge in [-0.25, -0.2) is 14.6 Å². The molecule has 1 heterocycles. The third kappa shape index (κ3) is 6.11. The summed E-state index contributed by atoms with van der Waals surface area (Å²) in [6.45, 7) is 4.07. The molecular formula is C14H21N3O4. The average Bonchev–Trinajstić information content (AvgIpc) is 2.44. The van der Waals surface area contributed by atoms with Crippen molar-refractivity contribution < 1.29 is 19.4 Å². The number of aromatic nitrogens is 1. The van der Waals surface area contributed by atoms with Gasteiger partial charge >= 0.3 is 12.0 Å². The van der Waals surface area contributed by atoms with Crippen molar-refractivity contribution in [3.63, 3.8) is 0 Å². The molecule has 0 aliphatic rings. The van der Waals surface area contributed by atoms with Crippen LogP contribution >= 0.6 is 0 Å². The van der Waals surface area contributed by atoms with Crippen LogP contribution in [0.2, 0.25) is 0 Å². The van der Waals surface area contributed by atoms with Crippen LogP contribution in [0.25, 0.3) is 0 Å². The molecule has 0 aliphatic heterocycles. The number of carbonyl (C=O) groups is 2. The number of hydrogen-bond donors (Lipinski definition) is 3. The maximum atomic E-state index is 11.7. The molecule has 0 aliphatic carbocycles.